The number of carbonyl (C=O) groups is 1. The van der Waals surface area contributed by atoms with Gasteiger partial charge in [-0.2, -0.15) is 0 Å². The molecule has 1 atom stereocenters. The Morgan fingerprint density at radius 2 is 2.03 bits per heavy atom. The van der Waals surface area contributed by atoms with E-state index in [1.54, 1.807) is 6.08 Å². The van der Waals surface area contributed by atoms with Crippen molar-refractivity contribution in [2.75, 3.05) is 13.1 Å². The molecule has 4 rings (SSSR count). The number of piperidine rings is 1. The van der Waals surface area contributed by atoms with Gasteiger partial charge >= 0.3 is 0 Å². The monoisotopic (exact) mass is 409 g/mol. The van der Waals surface area contributed by atoms with Crippen molar-refractivity contribution in [1.82, 2.24) is 4.90 Å². The Kier molecular flexibility index (Phi) is 5.54. The summed E-state index contributed by atoms with van der Waals surface area (Å²) in [7, 11) is 0. The first-order valence-corrected chi connectivity index (χ1v) is 10.8. The van der Waals surface area contributed by atoms with Gasteiger partial charge in [-0.1, -0.05) is 48.9 Å². The summed E-state index contributed by atoms with van der Waals surface area (Å²) >= 11 is 6.60. The molecule has 0 radical (unpaired) electrons. The van der Waals surface area contributed by atoms with E-state index >= 15 is 0 Å². The fraction of sp³-hybridized carbons (Fsp3) is 0.400. The summed E-state index contributed by atoms with van der Waals surface area (Å²) in [6, 6.07) is 12.1. The van der Waals surface area contributed by atoms with Crippen LogP contribution in [0.25, 0.3) is 6.08 Å². The van der Waals surface area contributed by atoms with Crippen LogP contribution in [-0.4, -0.2) is 29.0 Å². The van der Waals surface area contributed by atoms with Crippen molar-refractivity contribution < 1.29 is 9.90 Å². The van der Waals surface area contributed by atoms with Crippen LogP contribution in [0, 0.1) is 6.92 Å². The number of aliphatic hydroxyl groups is 1. The molecule has 2 aromatic rings. The second kappa shape index (κ2) is 7.97. The highest BCUT2D eigenvalue weighted by Crippen LogP contribution is 2.53. The van der Waals surface area contributed by atoms with Gasteiger partial charge in [-0.15, -0.1) is 0 Å². The highest BCUT2D eigenvalue weighted by molar-refractivity contribution is 6.31. The van der Waals surface area contributed by atoms with Gasteiger partial charge in [-0.25, -0.2) is 0 Å². The predicted octanol–water partition coefficient (Wildman–Crippen LogP) is 5.22. The normalized spacial score (nSPS) is 20.4. The average molecular weight is 410 g/mol. The summed E-state index contributed by atoms with van der Waals surface area (Å²) in [4.78, 5) is 14.7. The molecule has 1 N–H and O–H groups in total. The summed E-state index contributed by atoms with van der Waals surface area (Å²) < 4.78 is 0. The number of likely N-dealkylation sites (tertiary alicyclic amines) is 1. The number of rotatable bonds is 3. The number of benzene rings is 2. The molecule has 152 valence electrons. The van der Waals surface area contributed by atoms with Crippen LogP contribution in [0.5, 0.6) is 0 Å². The van der Waals surface area contributed by atoms with Crippen LogP contribution in [0.4, 0.5) is 0 Å². The Hall–Kier alpha value is -2.10. The smallest absolute Gasteiger partial charge is 0.246 e. The maximum absolute atomic E-state index is 12.8. The van der Waals surface area contributed by atoms with Crippen LogP contribution in [0.15, 0.2) is 42.5 Å². The van der Waals surface area contributed by atoms with Gasteiger partial charge in [0.05, 0.1) is 6.61 Å². The minimum atomic E-state index is 0.0328. The largest absolute Gasteiger partial charge is 0.392 e. The standard InChI is InChI=1S/C25H28ClNO2/c1-17-14-19(16-28)6-7-20(17)8-9-23(29)27-12-10-25(11-13-27)15-18(2)21-4-3-5-22(26)24(21)25/h3-9,14,18,28H,10-13,15-16H2,1-2H3/b9-8+. The molecule has 2 aliphatic rings. The molecule has 1 spiro atoms. The van der Waals surface area contributed by atoms with Gasteiger partial charge in [0.2, 0.25) is 5.91 Å². The van der Waals surface area contributed by atoms with E-state index in [1.807, 2.05) is 42.2 Å². The summed E-state index contributed by atoms with van der Waals surface area (Å²) in [5, 5.41) is 10.1. The third kappa shape index (κ3) is 3.74. The molecular weight excluding hydrogens is 382 g/mol. The minimum absolute atomic E-state index is 0.0328. The summed E-state index contributed by atoms with van der Waals surface area (Å²) in [5.41, 5.74) is 5.79. The van der Waals surface area contributed by atoms with E-state index in [-0.39, 0.29) is 17.9 Å². The van der Waals surface area contributed by atoms with Gasteiger partial charge in [0.1, 0.15) is 0 Å². The topological polar surface area (TPSA) is 40.5 Å². The van der Waals surface area contributed by atoms with E-state index in [0.717, 1.165) is 54.1 Å². The molecule has 4 heteroatoms. The lowest BCUT2D eigenvalue weighted by Gasteiger charge is -2.40. The van der Waals surface area contributed by atoms with E-state index in [1.165, 1.54) is 11.1 Å². The van der Waals surface area contributed by atoms with E-state index in [9.17, 15) is 9.90 Å². The molecule has 0 aromatic heterocycles. The highest BCUT2D eigenvalue weighted by Gasteiger charge is 2.45. The fourth-order valence-corrected chi connectivity index (χ4v) is 5.59. The van der Waals surface area contributed by atoms with Crippen molar-refractivity contribution in [1.29, 1.82) is 0 Å². The number of halogens is 1. The van der Waals surface area contributed by atoms with E-state index in [4.69, 9.17) is 11.6 Å². The van der Waals surface area contributed by atoms with Gasteiger partial charge in [-0.05, 0) is 72.1 Å². The summed E-state index contributed by atoms with van der Waals surface area (Å²) in [6.07, 6.45) is 6.63. The van der Waals surface area contributed by atoms with E-state index in [0.29, 0.717) is 5.92 Å². The van der Waals surface area contributed by atoms with Crippen molar-refractivity contribution in [3.05, 3.63) is 75.3 Å². The van der Waals surface area contributed by atoms with Crippen molar-refractivity contribution >= 4 is 23.6 Å². The Labute approximate surface area is 178 Å². The Morgan fingerprint density at radius 3 is 2.72 bits per heavy atom. The third-order valence-corrected chi connectivity index (χ3v) is 7.07. The Bertz CT molecular complexity index is 957. The number of carbonyl (C=O) groups excluding carboxylic acids is 1. The molecule has 1 saturated heterocycles. The average Bonchev–Trinajstić information content (AvgIpc) is 2.99. The number of aliphatic hydroxyl groups excluding tert-OH is 1. The molecule has 3 nitrogen and oxygen atoms in total. The highest BCUT2D eigenvalue weighted by atomic mass is 35.5. The molecule has 1 amide bonds. The molecule has 1 aliphatic heterocycles. The molecule has 29 heavy (non-hydrogen) atoms. The SMILES string of the molecule is Cc1cc(CO)ccc1/C=C/C(=O)N1CCC2(CC1)CC(C)c1cccc(Cl)c12. The molecule has 0 saturated carbocycles. The molecular formula is C25H28ClNO2. The molecule has 1 unspecified atom stereocenters. The number of hydrogen-bond acceptors (Lipinski definition) is 2. The maximum Gasteiger partial charge on any atom is 0.246 e. The zero-order valence-electron chi connectivity index (χ0n) is 17.1. The van der Waals surface area contributed by atoms with Crippen LogP contribution in [0.1, 0.15) is 59.9 Å². The van der Waals surface area contributed by atoms with Crippen molar-refractivity contribution in [3.63, 3.8) is 0 Å². The Morgan fingerprint density at radius 1 is 1.28 bits per heavy atom. The molecule has 1 fully saturated rings. The maximum atomic E-state index is 12.8. The van der Waals surface area contributed by atoms with Gasteiger partial charge in [0.25, 0.3) is 0 Å². The van der Waals surface area contributed by atoms with Crippen molar-refractivity contribution in [3.8, 4) is 0 Å². The van der Waals surface area contributed by atoms with Gasteiger partial charge in [0.15, 0.2) is 0 Å². The molecule has 2 aromatic carbocycles. The number of fused-ring (bicyclic) bond motifs is 2. The quantitative estimate of drug-likeness (QED) is 0.706. The first kappa shape index (κ1) is 20.2. The van der Waals surface area contributed by atoms with Gasteiger partial charge in [-0.3, -0.25) is 4.79 Å². The lowest BCUT2D eigenvalue weighted by molar-refractivity contribution is -0.127. The zero-order valence-corrected chi connectivity index (χ0v) is 17.9. The Balaban J connectivity index is 1.45. The number of amides is 1. The van der Waals surface area contributed by atoms with Crippen LogP contribution in [0.3, 0.4) is 0 Å². The van der Waals surface area contributed by atoms with Crippen molar-refractivity contribution in [2.24, 2.45) is 0 Å². The van der Waals surface area contributed by atoms with Gasteiger partial charge in [0, 0.05) is 29.6 Å². The lowest BCUT2D eigenvalue weighted by Crippen LogP contribution is -2.44. The van der Waals surface area contributed by atoms with Crippen LogP contribution < -0.4 is 0 Å². The summed E-state index contributed by atoms with van der Waals surface area (Å²) in [5.74, 6) is 0.589. The number of nitrogens with zero attached hydrogens (tertiary/aromatic N) is 1. The predicted molar refractivity (Wildman–Crippen MR) is 118 cm³/mol. The minimum Gasteiger partial charge on any atom is -0.392 e. The first-order valence-electron chi connectivity index (χ1n) is 10.4. The van der Waals surface area contributed by atoms with E-state index in [2.05, 4.69) is 19.1 Å². The van der Waals surface area contributed by atoms with Crippen LogP contribution in [-0.2, 0) is 16.8 Å². The first-order chi connectivity index (χ1) is 13.9. The van der Waals surface area contributed by atoms with Gasteiger partial charge < -0.3 is 10.0 Å². The third-order valence-electron chi connectivity index (χ3n) is 6.76. The number of hydrogen-bond donors (Lipinski definition) is 1. The molecule has 0 bridgehead atoms. The fourth-order valence-electron chi connectivity index (χ4n) is 5.21. The van der Waals surface area contributed by atoms with E-state index < -0.39 is 0 Å². The van der Waals surface area contributed by atoms with Crippen LogP contribution in [0.2, 0.25) is 5.02 Å². The van der Waals surface area contributed by atoms with Crippen molar-refractivity contribution in [2.45, 2.75) is 51.0 Å². The van der Waals surface area contributed by atoms with Crippen LogP contribution >= 0.6 is 11.6 Å². The summed E-state index contributed by atoms with van der Waals surface area (Å²) in [6.45, 7) is 5.85. The second-order valence-electron chi connectivity index (χ2n) is 8.60. The second-order valence-corrected chi connectivity index (χ2v) is 9.00. The zero-order chi connectivity index (χ0) is 20.6. The molecule has 1 heterocycles. The number of aryl methyl sites for hydroxylation is 1. The lowest BCUT2D eigenvalue weighted by atomic mass is 9.73. The molecule has 1 aliphatic carbocycles.